The monoisotopic (exact) mass is 266 g/mol. The molecule has 19 heavy (non-hydrogen) atoms. The van der Waals surface area contributed by atoms with Crippen molar-refractivity contribution in [1.82, 2.24) is 0 Å². The summed E-state index contributed by atoms with van der Waals surface area (Å²) in [7, 11) is 0. The molecular weight excluding hydrogens is 244 g/mol. The molecule has 5 aliphatic rings. The Labute approximate surface area is 113 Å². The minimum atomic E-state index is -0.342. The predicted molar refractivity (Wildman–Crippen MR) is 66.6 cm³/mol. The van der Waals surface area contributed by atoms with Gasteiger partial charge in [0.1, 0.15) is 16.8 Å². The Kier molecular flexibility index (Phi) is 1.75. The van der Waals surface area contributed by atoms with Gasteiger partial charge in [-0.25, -0.2) is 0 Å². The SMILES string of the molecule is OCC1(CO)CCC23OC2(C1)C31OC12CCCCC2. The number of hydrogen-bond acceptors (Lipinski definition) is 4. The van der Waals surface area contributed by atoms with Crippen LogP contribution in [0.1, 0.15) is 51.4 Å². The van der Waals surface area contributed by atoms with Gasteiger partial charge in [-0.15, -0.1) is 0 Å². The first-order chi connectivity index (χ1) is 9.16. The third-order valence-corrected chi connectivity index (χ3v) is 6.95. The maximum atomic E-state index is 9.64. The van der Waals surface area contributed by atoms with E-state index in [4.69, 9.17) is 9.47 Å². The van der Waals surface area contributed by atoms with Gasteiger partial charge in [-0.3, -0.25) is 0 Å². The van der Waals surface area contributed by atoms with E-state index in [1.165, 1.54) is 32.1 Å². The van der Waals surface area contributed by atoms with Crippen molar-refractivity contribution in [3.05, 3.63) is 0 Å². The molecule has 0 aromatic rings. The molecule has 106 valence electrons. The first kappa shape index (κ1) is 11.5. The fourth-order valence-corrected chi connectivity index (χ4v) is 5.83. The zero-order chi connectivity index (χ0) is 13.0. The van der Waals surface area contributed by atoms with Gasteiger partial charge < -0.3 is 19.7 Å². The summed E-state index contributed by atoms with van der Waals surface area (Å²) in [5.41, 5.74) is -0.415. The van der Waals surface area contributed by atoms with Gasteiger partial charge in [0.2, 0.25) is 0 Å². The number of aliphatic hydroxyl groups is 2. The van der Waals surface area contributed by atoms with Crippen molar-refractivity contribution >= 4 is 0 Å². The maximum absolute atomic E-state index is 9.64. The van der Waals surface area contributed by atoms with Crippen molar-refractivity contribution < 1.29 is 19.7 Å². The molecule has 5 rings (SSSR count). The number of aliphatic hydroxyl groups excluding tert-OH is 2. The molecule has 2 saturated heterocycles. The van der Waals surface area contributed by atoms with E-state index in [2.05, 4.69) is 0 Å². The fraction of sp³-hybridized carbons (Fsp3) is 1.00. The third kappa shape index (κ3) is 0.892. The van der Waals surface area contributed by atoms with Crippen LogP contribution in [0.15, 0.2) is 0 Å². The van der Waals surface area contributed by atoms with Crippen LogP contribution in [0.3, 0.4) is 0 Å². The van der Waals surface area contributed by atoms with Crippen molar-refractivity contribution in [2.75, 3.05) is 13.2 Å². The first-order valence-electron chi connectivity index (χ1n) is 7.78. The average Bonchev–Trinajstić information content (AvgIpc) is 3.36. The van der Waals surface area contributed by atoms with Gasteiger partial charge in [-0.05, 0) is 32.1 Å². The Balaban J connectivity index is 1.46. The van der Waals surface area contributed by atoms with Crippen molar-refractivity contribution in [3.8, 4) is 0 Å². The van der Waals surface area contributed by atoms with Crippen LogP contribution in [0, 0.1) is 5.41 Å². The van der Waals surface area contributed by atoms with Crippen LogP contribution < -0.4 is 0 Å². The topological polar surface area (TPSA) is 65.5 Å². The maximum Gasteiger partial charge on any atom is 0.161 e. The molecule has 0 aromatic carbocycles. The van der Waals surface area contributed by atoms with Crippen LogP contribution in [-0.4, -0.2) is 45.8 Å². The smallest absolute Gasteiger partial charge is 0.161 e. The van der Waals surface area contributed by atoms with Gasteiger partial charge >= 0.3 is 0 Å². The minimum absolute atomic E-state index is 0.0144. The molecule has 0 amide bonds. The lowest BCUT2D eigenvalue weighted by atomic mass is 9.75. The molecule has 4 heteroatoms. The first-order valence-corrected chi connectivity index (χ1v) is 7.78. The largest absolute Gasteiger partial charge is 0.396 e. The standard InChI is InChI=1S/C15H22O4/c16-9-11(10-17)6-7-13-14(8-11,19-13)15(13)12(18-15)4-2-1-3-5-12/h16-17H,1-10H2. The molecule has 3 unspecified atom stereocenters. The molecule has 5 fully saturated rings. The van der Waals surface area contributed by atoms with Crippen LogP contribution in [0.5, 0.6) is 0 Å². The van der Waals surface area contributed by atoms with Gasteiger partial charge in [-0.2, -0.15) is 0 Å². The van der Waals surface area contributed by atoms with Gasteiger partial charge in [0.25, 0.3) is 0 Å². The zero-order valence-electron chi connectivity index (χ0n) is 11.3. The Bertz CT molecular complexity index is 453. The quantitative estimate of drug-likeness (QED) is 0.735. The highest BCUT2D eigenvalue weighted by molar-refractivity contribution is 5.63. The van der Waals surface area contributed by atoms with E-state index in [0.717, 1.165) is 19.3 Å². The van der Waals surface area contributed by atoms with Crippen molar-refractivity contribution in [1.29, 1.82) is 0 Å². The Hall–Kier alpha value is -0.160. The third-order valence-electron chi connectivity index (χ3n) is 6.95. The molecule has 2 N–H and O–H groups in total. The molecule has 2 spiro atoms. The summed E-state index contributed by atoms with van der Waals surface area (Å²) in [6.07, 6.45) is 8.86. The number of fused-ring (bicyclic) bond motifs is 1. The Morgan fingerprint density at radius 1 is 0.789 bits per heavy atom. The van der Waals surface area contributed by atoms with Crippen LogP contribution in [-0.2, 0) is 9.47 Å². The molecule has 0 radical (unpaired) electrons. The van der Waals surface area contributed by atoms with E-state index in [1.54, 1.807) is 0 Å². The number of hydrogen-bond donors (Lipinski definition) is 2. The fourth-order valence-electron chi connectivity index (χ4n) is 5.83. The van der Waals surface area contributed by atoms with Crippen molar-refractivity contribution in [2.45, 2.75) is 73.8 Å². The van der Waals surface area contributed by atoms with E-state index < -0.39 is 0 Å². The van der Waals surface area contributed by atoms with E-state index in [9.17, 15) is 10.2 Å². The van der Waals surface area contributed by atoms with E-state index >= 15 is 0 Å². The van der Waals surface area contributed by atoms with Gasteiger partial charge in [0.15, 0.2) is 5.60 Å². The van der Waals surface area contributed by atoms with E-state index in [-0.39, 0.29) is 41.0 Å². The molecule has 3 atom stereocenters. The summed E-state index contributed by atoms with van der Waals surface area (Å²) in [6.45, 7) is 0.127. The van der Waals surface area contributed by atoms with Gasteiger partial charge in [0.05, 0.1) is 13.2 Å². The Morgan fingerprint density at radius 3 is 2.21 bits per heavy atom. The van der Waals surface area contributed by atoms with Gasteiger partial charge in [0, 0.05) is 5.41 Å². The van der Waals surface area contributed by atoms with Crippen LogP contribution in [0.2, 0.25) is 0 Å². The molecule has 2 heterocycles. The summed E-state index contributed by atoms with van der Waals surface area (Å²) < 4.78 is 12.4. The molecular formula is C15H22O4. The van der Waals surface area contributed by atoms with Crippen molar-refractivity contribution in [2.24, 2.45) is 5.41 Å². The highest BCUT2D eigenvalue weighted by atomic mass is 16.8. The van der Waals surface area contributed by atoms with E-state index in [0.29, 0.717) is 0 Å². The molecule has 2 aliphatic heterocycles. The number of rotatable bonds is 2. The minimum Gasteiger partial charge on any atom is -0.396 e. The number of ether oxygens (including phenoxy) is 2. The van der Waals surface area contributed by atoms with Crippen LogP contribution in [0.4, 0.5) is 0 Å². The summed E-state index contributed by atoms with van der Waals surface area (Å²) in [5, 5.41) is 19.3. The van der Waals surface area contributed by atoms with Crippen LogP contribution >= 0.6 is 0 Å². The summed E-state index contributed by atoms with van der Waals surface area (Å²) in [6, 6.07) is 0. The zero-order valence-corrected chi connectivity index (χ0v) is 11.3. The second kappa shape index (κ2) is 2.89. The average molecular weight is 266 g/mol. The van der Waals surface area contributed by atoms with E-state index in [1.807, 2.05) is 0 Å². The second-order valence-electron chi connectivity index (χ2n) is 7.59. The lowest BCUT2D eigenvalue weighted by Gasteiger charge is -2.31. The van der Waals surface area contributed by atoms with Crippen LogP contribution in [0.25, 0.3) is 0 Å². The summed E-state index contributed by atoms with van der Waals surface area (Å²) >= 11 is 0. The second-order valence-corrected chi connectivity index (χ2v) is 7.59. The highest BCUT2D eigenvalue weighted by Gasteiger charge is 3.16. The summed E-state index contributed by atoms with van der Waals surface area (Å²) in [5.74, 6) is 0. The normalized spacial score (nSPS) is 54.6. The molecule has 0 bridgehead atoms. The molecule has 3 saturated carbocycles. The highest BCUT2D eigenvalue weighted by Crippen LogP contribution is 2.96. The van der Waals surface area contributed by atoms with Gasteiger partial charge in [-0.1, -0.05) is 19.3 Å². The Morgan fingerprint density at radius 2 is 1.53 bits per heavy atom. The predicted octanol–water partition coefficient (Wildman–Crippen LogP) is 1.13. The molecule has 0 aromatic heterocycles. The van der Waals surface area contributed by atoms with Crippen molar-refractivity contribution in [3.63, 3.8) is 0 Å². The number of epoxide rings is 2. The lowest BCUT2D eigenvalue weighted by molar-refractivity contribution is 0.0161. The lowest BCUT2D eigenvalue weighted by Crippen LogP contribution is -2.36. The molecule has 4 nitrogen and oxygen atoms in total. The molecule has 3 aliphatic carbocycles. The summed E-state index contributed by atoms with van der Waals surface area (Å²) in [4.78, 5) is 0.